The third kappa shape index (κ3) is 15.6. The van der Waals surface area contributed by atoms with E-state index in [0.29, 0.717) is 0 Å². The Labute approximate surface area is 277 Å². The van der Waals surface area contributed by atoms with Gasteiger partial charge in [-0.1, -0.05) is 13.2 Å². The molecule has 0 rings (SSSR count). The van der Waals surface area contributed by atoms with E-state index in [1.54, 1.807) is 0 Å². The standard InChI is InChI=1S/2C12H18O9.Ca.2H/c2*1-7(2-8(9(16)17)10(18)19)11(20)21-6-12(3-13,4-14)5-15;;;/h2*8,13-15H,1-6H2,(H,16,17)(H,18,19);;;/q;;+2;2*-1. The fourth-order valence-electron chi connectivity index (χ4n) is 2.44. The van der Waals surface area contributed by atoms with Crippen LogP contribution in [-0.2, 0) is 38.2 Å². The zero-order valence-corrected chi connectivity index (χ0v) is 25.3. The predicted octanol–water partition coefficient (Wildman–Crippen LogP) is -3.71. The maximum absolute atomic E-state index is 11.6. The molecule has 10 N–H and O–H groups in total. The molecular formula is C24H38CaO18. The Hall–Kier alpha value is -2.68. The Morgan fingerprint density at radius 1 is 0.535 bits per heavy atom. The number of rotatable bonds is 20. The number of carboxylic acid groups (broad SMARTS) is 4. The van der Waals surface area contributed by atoms with Crippen molar-refractivity contribution in [3.8, 4) is 0 Å². The van der Waals surface area contributed by atoms with Crippen molar-refractivity contribution in [3.63, 3.8) is 0 Å². The Morgan fingerprint density at radius 2 is 0.744 bits per heavy atom. The summed E-state index contributed by atoms with van der Waals surface area (Å²) in [5, 5.41) is 88.9. The summed E-state index contributed by atoms with van der Waals surface area (Å²) in [7, 11) is 0. The Balaban J connectivity index is -0.000000222. The van der Waals surface area contributed by atoms with E-state index in [1.165, 1.54) is 0 Å². The first kappa shape index (κ1) is 44.8. The van der Waals surface area contributed by atoms with Gasteiger partial charge in [-0.15, -0.1) is 0 Å². The maximum Gasteiger partial charge on any atom is 2.00 e. The predicted molar refractivity (Wildman–Crippen MR) is 142 cm³/mol. The van der Waals surface area contributed by atoms with Crippen LogP contribution < -0.4 is 0 Å². The third-order valence-electron chi connectivity index (χ3n) is 5.70. The summed E-state index contributed by atoms with van der Waals surface area (Å²) in [4.78, 5) is 65.9. The van der Waals surface area contributed by atoms with Gasteiger partial charge in [0, 0.05) is 24.0 Å². The van der Waals surface area contributed by atoms with E-state index in [9.17, 15) is 28.8 Å². The minimum Gasteiger partial charge on any atom is -1.00 e. The molecular weight excluding hydrogens is 616 g/mol. The molecule has 0 bridgehead atoms. The van der Waals surface area contributed by atoms with E-state index in [4.69, 9.17) is 60.5 Å². The Bertz CT molecular complexity index is 874. The molecule has 0 aliphatic heterocycles. The normalized spacial score (nSPS) is 11.0. The van der Waals surface area contributed by atoms with Crippen molar-refractivity contribution in [2.75, 3.05) is 52.9 Å². The molecule has 244 valence electrons. The van der Waals surface area contributed by atoms with Gasteiger partial charge in [-0.25, -0.2) is 9.59 Å². The van der Waals surface area contributed by atoms with Crippen LogP contribution in [0.4, 0.5) is 0 Å². The monoisotopic (exact) mass is 654 g/mol. The molecule has 0 aliphatic rings. The summed E-state index contributed by atoms with van der Waals surface area (Å²) in [6.45, 7) is 1.56. The van der Waals surface area contributed by atoms with Crippen molar-refractivity contribution in [2.45, 2.75) is 12.8 Å². The van der Waals surface area contributed by atoms with Crippen molar-refractivity contribution < 1.29 is 92.2 Å². The Kier molecular flexibility index (Phi) is 22.8. The topological polar surface area (TPSA) is 323 Å². The van der Waals surface area contributed by atoms with Gasteiger partial charge in [0.25, 0.3) is 0 Å². The number of aliphatic hydroxyl groups excluding tert-OH is 6. The van der Waals surface area contributed by atoms with Crippen molar-refractivity contribution in [1.29, 1.82) is 0 Å². The van der Waals surface area contributed by atoms with Crippen LogP contribution in [0.15, 0.2) is 24.3 Å². The molecule has 0 spiro atoms. The first-order valence-electron chi connectivity index (χ1n) is 11.7. The zero-order chi connectivity index (χ0) is 33.3. The number of carboxylic acids is 4. The molecule has 0 saturated carbocycles. The average molecular weight is 655 g/mol. The second kappa shape index (κ2) is 21.9. The van der Waals surface area contributed by atoms with E-state index < -0.39 is 124 Å². The van der Waals surface area contributed by atoms with Crippen LogP contribution in [0.25, 0.3) is 0 Å². The first-order chi connectivity index (χ1) is 19.4. The molecule has 19 heteroatoms. The largest absolute Gasteiger partial charge is 2.00 e. The number of hydrogen-bond donors (Lipinski definition) is 10. The minimum absolute atomic E-state index is 0. The van der Waals surface area contributed by atoms with E-state index >= 15 is 0 Å². The molecule has 0 aromatic carbocycles. The van der Waals surface area contributed by atoms with Crippen LogP contribution in [0.5, 0.6) is 0 Å². The number of hydrogen-bond acceptors (Lipinski definition) is 14. The van der Waals surface area contributed by atoms with Gasteiger partial charge >= 0.3 is 73.6 Å². The van der Waals surface area contributed by atoms with Crippen molar-refractivity contribution >= 4 is 73.6 Å². The van der Waals surface area contributed by atoms with Gasteiger partial charge in [0.15, 0.2) is 11.8 Å². The molecule has 43 heavy (non-hydrogen) atoms. The van der Waals surface area contributed by atoms with Crippen LogP contribution in [-0.4, -0.2) is 177 Å². The summed E-state index contributed by atoms with van der Waals surface area (Å²) in [6, 6.07) is 0. The number of esters is 2. The fourth-order valence-corrected chi connectivity index (χ4v) is 2.44. The van der Waals surface area contributed by atoms with Gasteiger partial charge in [0.05, 0.1) is 50.5 Å². The SMILES string of the molecule is C=C(CC(C(=O)O)C(=O)O)C(=O)OCC(CO)(CO)CO.C=C(CC(C(=O)O)C(=O)O)C(=O)OCC(CO)(CO)CO.[Ca+2].[H-].[H-]. The summed E-state index contributed by atoms with van der Waals surface area (Å²) < 4.78 is 9.40. The molecule has 0 aromatic rings. The molecule has 0 fully saturated rings. The van der Waals surface area contributed by atoms with Crippen LogP contribution in [0, 0.1) is 22.7 Å². The van der Waals surface area contributed by atoms with Crippen LogP contribution >= 0.6 is 0 Å². The smallest absolute Gasteiger partial charge is 1.00 e. The maximum atomic E-state index is 11.6. The summed E-state index contributed by atoms with van der Waals surface area (Å²) in [5.74, 6) is -12.3. The molecule has 0 unspecified atom stereocenters. The second-order valence-corrected chi connectivity index (χ2v) is 9.17. The average Bonchev–Trinajstić information content (AvgIpc) is 2.95. The number of aliphatic carboxylic acids is 4. The van der Waals surface area contributed by atoms with Gasteiger partial charge < -0.3 is 63.4 Å². The van der Waals surface area contributed by atoms with Crippen molar-refractivity contribution in [1.82, 2.24) is 0 Å². The van der Waals surface area contributed by atoms with Crippen LogP contribution in [0.3, 0.4) is 0 Å². The molecule has 0 aliphatic carbocycles. The minimum atomic E-state index is -1.83. The van der Waals surface area contributed by atoms with Gasteiger partial charge in [-0.05, 0) is 0 Å². The van der Waals surface area contributed by atoms with E-state index in [2.05, 4.69) is 13.2 Å². The molecule has 0 heterocycles. The number of carbonyl (C=O) groups is 6. The molecule has 18 nitrogen and oxygen atoms in total. The molecule has 0 aromatic heterocycles. The quantitative estimate of drug-likeness (QED) is 0.0261. The number of carbonyl (C=O) groups excluding carboxylic acids is 2. The van der Waals surface area contributed by atoms with Crippen LogP contribution in [0.2, 0.25) is 0 Å². The molecule has 0 radical (unpaired) electrons. The summed E-state index contributed by atoms with van der Waals surface area (Å²) in [6.07, 6.45) is -1.29. The molecule has 0 amide bonds. The van der Waals surface area contributed by atoms with Crippen molar-refractivity contribution in [3.05, 3.63) is 24.3 Å². The summed E-state index contributed by atoms with van der Waals surface area (Å²) in [5.41, 5.74) is -3.64. The molecule has 0 saturated heterocycles. The fraction of sp³-hybridized carbons (Fsp3) is 0.583. The van der Waals surface area contributed by atoms with Crippen molar-refractivity contribution in [2.24, 2.45) is 22.7 Å². The number of ether oxygens (including phenoxy) is 2. The van der Waals surface area contributed by atoms with Gasteiger partial charge in [0.2, 0.25) is 0 Å². The number of aliphatic hydroxyl groups is 6. The van der Waals surface area contributed by atoms with E-state index in [-0.39, 0.29) is 51.7 Å². The van der Waals surface area contributed by atoms with Gasteiger partial charge in [-0.3, -0.25) is 19.2 Å². The van der Waals surface area contributed by atoms with E-state index in [0.717, 1.165) is 0 Å². The van der Waals surface area contributed by atoms with E-state index in [1.807, 2.05) is 0 Å². The third-order valence-corrected chi connectivity index (χ3v) is 5.70. The van der Waals surface area contributed by atoms with Crippen LogP contribution in [0.1, 0.15) is 15.7 Å². The Morgan fingerprint density at radius 3 is 0.907 bits per heavy atom. The summed E-state index contributed by atoms with van der Waals surface area (Å²) >= 11 is 0. The zero-order valence-electron chi connectivity index (χ0n) is 25.1. The first-order valence-corrected chi connectivity index (χ1v) is 11.7. The van der Waals surface area contributed by atoms with Gasteiger partial charge in [0.1, 0.15) is 13.2 Å². The second-order valence-electron chi connectivity index (χ2n) is 9.17. The molecule has 0 atom stereocenters. The van der Waals surface area contributed by atoms with Gasteiger partial charge in [-0.2, -0.15) is 0 Å².